The summed E-state index contributed by atoms with van der Waals surface area (Å²) >= 11 is 0. The zero-order chi connectivity index (χ0) is 13.8. The summed E-state index contributed by atoms with van der Waals surface area (Å²) in [4.78, 5) is 28.5. The summed E-state index contributed by atoms with van der Waals surface area (Å²) in [6, 6.07) is -0.270. The molecule has 0 fully saturated rings. The van der Waals surface area contributed by atoms with Crippen molar-refractivity contribution in [2.24, 2.45) is 0 Å². The molecule has 0 spiro atoms. The van der Waals surface area contributed by atoms with E-state index in [4.69, 9.17) is 0 Å². The fourth-order valence-electron chi connectivity index (χ4n) is 1.55. The molecular weight excluding hydrogens is 252 g/mol. The summed E-state index contributed by atoms with van der Waals surface area (Å²) in [5.41, 5.74) is -0.146. The van der Waals surface area contributed by atoms with E-state index in [-0.39, 0.29) is 24.2 Å². The van der Waals surface area contributed by atoms with Crippen LogP contribution in [0.3, 0.4) is 0 Å². The molecule has 1 atom stereocenters. The van der Waals surface area contributed by atoms with Crippen molar-refractivity contribution in [3.8, 4) is 0 Å². The summed E-state index contributed by atoms with van der Waals surface area (Å²) in [5.74, 6) is 0.335. The number of aromatic nitrogens is 4. The molecule has 2 heterocycles. The average Bonchev–Trinajstić information content (AvgIpc) is 2.98. The van der Waals surface area contributed by atoms with E-state index in [1.165, 1.54) is 10.9 Å². The average molecular weight is 264 g/mol. The highest BCUT2D eigenvalue weighted by Crippen LogP contribution is 2.08. The molecule has 9 nitrogen and oxygen atoms in total. The smallest absolute Gasteiger partial charge is 0.307 e. The summed E-state index contributed by atoms with van der Waals surface area (Å²) < 4.78 is 1.21. The molecule has 2 aromatic heterocycles. The molecule has 19 heavy (non-hydrogen) atoms. The van der Waals surface area contributed by atoms with Crippen molar-refractivity contribution in [3.05, 3.63) is 40.7 Å². The number of hydrogen-bond acceptors (Lipinski definition) is 5. The number of carbonyl (C=O) groups excluding carboxylic acids is 1. The zero-order valence-corrected chi connectivity index (χ0v) is 10.1. The summed E-state index contributed by atoms with van der Waals surface area (Å²) in [5, 5.41) is 16.9. The highest BCUT2D eigenvalue weighted by molar-refractivity contribution is 5.76. The molecule has 9 heteroatoms. The maximum absolute atomic E-state index is 11.7. The first-order valence-corrected chi connectivity index (χ1v) is 5.51. The van der Waals surface area contributed by atoms with Gasteiger partial charge in [0.05, 0.1) is 11.0 Å². The summed E-state index contributed by atoms with van der Waals surface area (Å²) in [6.45, 7) is 1.70. The molecule has 0 aliphatic rings. The minimum atomic E-state index is -0.563. The first kappa shape index (κ1) is 12.7. The number of amides is 1. The number of nitro groups is 1. The fourth-order valence-corrected chi connectivity index (χ4v) is 1.55. The zero-order valence-electron chi connectivity index (χ0n) is 10.1. The molecule has 0 aliphatic heterocycles. The number of rotatable bonds is 5. The van der Waals surface area contributed by atoms with Crippen molar-refractivity contribution in [1.82, 2.24) is 25.1 Å². The standard InChI is InChI=1S/C10H12N6O3/c1-7(10-11-2-3-12-10)14-9(17)6-15-5-8(4-13-15)16(18)19/h2-5,7H,6H2,1H3,(H,11,12)(H,14,17). The van der Waals surface area contributed by atoms with Gasteiger partial charge in [-0.15, -0.1) is 0 Å². The molecule has 2 rings (SSSR count). The number of aromatic amines is 1. The molecule has 0 saturated heterocycles. The number of carbonyl (C=O) groups is 1. The van der Waals surface area contributed by atoms with E-state index in [0.717, 1.165) is 6.20 Å². The normalized spacial score (nSPS) is 12.1. The van der Waals surface area contributed by atoms with E-state index >= 15 is 0 Å². The van der Waals surface area contributed by atoms with Crippen molar-refractivity contribution in [2.45, 2.75) is 19.5 Å². The summed E-state index contributed by atoms with van der Waals surface area (Å²) in [7, 11) is 0. The van der Waals surface area contributed by atoms with Gasteiger partial charge in [0, 0.05) is 12.4 Å². The predicted molar refractivity (Wildman–Crippen MR) is 64.0 cm³/mol. The van der Waals surface area contributed by atoms with Crippen LogP contribution in [0.2, 0.25) is 0 Å². The molecule has 0 aliphatic carbocycles. The molecule has 1 unspecified atom stereocenters. The third-order valence-electron chi connectivity index (χ3n) is 2.44. The second-order valence-corrected chi connectivity index (χ2v) is 3.92. The minimum Gasteiger partial charge on any atom is -0.347 e. The maximum Gasteiger partial charge on any atom is 0.307 e. The van der Waals surface area contributed by atoms with Crippen molar-refractivity contribution < 1.29 is 9.72 Å². The van der Waals surface area contributed by atoms with Crippen LogP contribution in [0.25, 0.3) is 0 Å². The van der Waals surface area contributed by atoms with Gasteiger partial charge in [-0.05, 0) is 6.92 Å². The number of H-pyrrole nitrogens is 1. The lowest BCUT2D eigenvalue weighted by Gasteiger charge is -2.11. The van der Waals surface area contributed by atoms with Crippen molar-refractivity contribution in [2.75, 3.05) is 0 Å². The van der Waals surface area contributed by atoms with E-state index in [9.17, 15) is 14.9 Å². The number of nitrogens with zero attached hydrogens (tertiary/aromatic N) is 4. The SMILES string of the molecule is CC(NC(=O)Cn1cc([N+](=O)[O-])cn1)c1ncc[nH]1. The van der Waals surface area contributed by atoms with Crippen LogP contribution in [0.4, 0.5) is 5.69 Å². The Hall–Kier alpha value is -2.71. The van der Waals surface area contributed by atoms with Gasteiger partial charge in [-0.25, -0.2) is 4.98 Å². The minimum absolute atomic E-state index is 0.0844. The van der Waals surface area contributed by atoms with Crippen molar-refractivity contribution in [3.63, 3.8) is 0 Å². The number of imidazole rings is 1. The number of hydrogen-bond donors (Lipinski definition) is 2. The van der Waals surface area contributed by atoms with Crippen LogP contribution in [0.15, 0.2) is 24.8 Å². The van der Waals surface area contributed by atoms with Gasteiger partial charge in [-0.1, -0.05) is 0 Å². The molecule has 0 saturated carbocycles. The van der Waals surface area contributed by atoms with E-state index in [1.807, 2.05) is 0 Å². The molecule has 0 bridgehead atoms. The molecular formula is C10H12N6O3. The Morgan fingerprint density at radius 1 is 1.68 bits per heavy atom. The molecule has 2 aromatic rings. The molecule has 100 valence electrons. The van der Waals surface area contributed by atoms with E-state index in [2.05, 4.69) is 20.4 Å². The van der Waals surface area contributed by atoms with Gasteiger partial charge < -0.3 is 10.3 Å². The Bertz CT molecular complexity index is 576. The van der Waals surface area contributed by atoms with Crippen LogP contribution in [0.5, 0.6) is 0 Å². The van der Waals surface area contributed by atoms with E-state index in [1.54, 1.807) is 19.3 Å². The van der Waals surface area contributed by atoms with Crippen LogP contribution in [-0.2, 0) is 11.3 Å². The Morgan fingerprint density at radius 3 is 3.05 bits per heavy atom. The molecule has 2 N–H and O–H groups in total. The topological polar surface area (TPSA) is 119 Å². The van der Waals surface area contributed by atoms with E-state index < -0.39 is 4.92 Å². The second kappa shape index (κ2) is 5.29. The van der Waals surface area contributed by atoms with Gasteiger partial charge >= 0.3 is 5.69 Å². The van der Waals surface area contributed by atoms with Gasteiger partial charge in [-0.2, -0.15) is 5.10 Å². The van der Waals surface area contributed by atoms with Crippen molar-refractivity contribution in [1.29, 1.82) is 0 Å². The van der Waals surface area contributed by atoms with Gasteiger partial charge in [0.15, 0.2) is 0 Å². The first-order valence-electron chi connectivity index (χ1n) is 5.51. The van der Waals surface area contributed by atoms with Crippen LogP contribution in [0.1, 0.15) is 18.8 Å². The fraction of sp³-hybridized carbons (Fsp3) is 0.300. The quantitative estimate of drug-likeness (QED) is 0.598. The third-order valence-corrected chi connectivity index (χ3v) is 2.44. The molecule has 0 radical (unpaired) electrons. The number of nitrogens with one attached hydrogen (secondary N) is 2. The summed E-state index contributed by atoms with van der Waals surface area (Å²) in [6.07, 6.45) is 5.56. The lowest BCUT2D eigenvalue weighted by Crippen LogP contribution is -2.30. The monoisotopic (exact) mass is 264 g/mol. The largest absolute Gasteiger partial charge is 0.347 e. The van der Waals surface area contributed by atoms with Crippen LogP contribution >= 0.6 is 0 Å². The Kier molecular flexibility index (Phi) is 3.55. The third kappa shape index (κ3) is 3.15. The lowest BCUT2D eigenvalue weighted by molar-refractivity contribution is -0.385. The van der Waals surface area contributed by atoms with Gasteiger partial charge in [0.1, 0.15) is 24.8 Å². The highest BCUT2D eigenvalue weighted by atomic mass is 16.6. The van der Waals surface area contributed by atoms with Gasteiger partial charge in [-0.3, -0.25) is 19.6 Å². The van der Waals surface area contributed by atoms with Crippen LogP contribution < -0.4 is 5.32 Å². The Balaban J connectivity index is 1.92. The Labute approximate surface area is 107 Å². The van der Waals surface area contributed by atoms with Gasteiger partial charge in [0.25, 0.3) is 0 Å². The van der Waals surface area contributed by atoms with Crippen LogP contribution in [-0.4, -0.2) is 30.6 Å². The Morgan fingerprint density at radius 2 is 2.47 bits per heavy atom. The predicted octanol–water partition coefficient (Wildman–Crippen LogP) is 0.392. The van der Waals surface area contributed by atoms with Crippen molar-refractivity contribution >= 4 is 11.6 Å². The maximum atomic E-state index is 11.7. The lowest BCUT2D eigenvalue weighted by atomic mass is 10.3. The van der Waals surface area contributed by atoms with E-state index in [0.29, 0.717) is 5.82 Å². The highest BCUT2D eigenvalue weighted by Gasteiger charge is 2.14. The second-order valence-electron chi connectivity index (χ2n) is 3.92. The van der Waals surface area contributed by atoms with Crippen LogP contribution in [0, 0.1) is 10.1 Å². The van der Waals surface area contributed by atoms with Gasteiger partial charge in [0.2, 0.25) is 5.91 Å². The molecule has 0 aromatic carbocycles. The molecule has 1 amide bonds. The first-order chi connectivity index (χ1) is 9.06.